The third-order valence-electron chi connectivity index (χ3n) is 5.65. The summed E-state index contributed by atoms with van der Waals surface area (Å²) in [7, 11) is 0. The monoisotopic (exact) mass is 386 g/mol. The first-order chi connectivity index (χ1) is 14.2. The minimum atomic E-state index is -0.221. The van der Waals surface area contributed by atoms with Crippen molar-refractivity contribution in [3.05, 3.63) is 77.6 Å². The van der Waals surface area contributed by atoms with Gasteiger partial charge in [0.1, 0.15) is 0 Å². The number of para-hydroxylation sites is 2. The highest BCUT2D eigenvalue weighted by molar-refractivity contribution is 6.03. The third kappa shape index (κ3) is 3.31. The zero-order chi connectivity index (χ0) is 19.8. The fraction of sp³-hybridized carbons (Fsp3) is 0.261. The quantitative estimate of drug-likeness (QED) is 0.680. The molecule has 2 heterocycles. The molecular formula is C23H22N4O2. The Hall–Kier alpha value is -3.41. The van der Waals surface area contributed by atoms with E-state index in [0.717, 1.165) is 35.5 Å². The van der Waals surface area contributed by atoms with Crippen molar-refractivity contribution >= 4 is 17.5 Å². The smallest absolute Gasteiger partial charge is 0.254 e. The SMILES string of the molecule is O=C(NCCC1C(=O)Nc2ccccc21)c1cnn(-c2ccccc2)c1C1CC1. The first-order valence-corrected chi connectivity index (χ1v) is 10.0. The second-order valence-corrected chi connectivity index (χ2v) is 7.64. The van der Waals surface area contributed by atoms with Crippen LogP contribution in [-0.4, -0.2) is 28.1 Å². The standard InChI is InChI=1S/C23H22N4O2/c28-22(24-13-12-18-17-8-4-5-9-20(17)26-23(18)29)19-14-25-27(21(19)15-10-11-15)16-6-2-1-3-7-16/h1-9,14-15,18H,10-13H2,(H,24,28)(H,26,29). The van der Waals surface area contributed by atoms with E-state index >= 15 is 0 Å². The van der Waals surface area contributed by atoms with Crippen molar-refractivity contribution < 1.29 is 9.59 Å². The average molecular weight is 386 g/mol. The molecule has 5 rings (SSSR count). The molecule has 29 heavy (non-hydrogen) atoms. The predicted octanol–water partition coefficient (Wildman–Crippen LogP) is 3.61. The van der Waals surface area contributed by atoms with Crippen LogP contribution >= 0.6 is 0 Å². The zero-order valence-corrected chi connectivity index (χ0v) is 16.0. The van der Waals surface area contributed by atoms with Crippen LogP contribution in [0.4, 0.5) is 5.69 Å². The van der Waals surface area contributed by atoms with Crippen LogP contribution in [0.15, 0.2) is 60.8 Å². The van der Waals surface area contributed by atoms with E-state index in [1.54, 1.807) is 6.20 Å². The van der Waals surface area contributed by atoms with E-state index in [1.807, 2.05) is 59.3 Å². The van der Waals surface area contributed by atoms with Crippen molar-refractivity contribution in [2.75, 3.05) is 11.9 Å². The first kappa shape index (κ1) is 17.7. The van der Waals surface area contributed by atoms with Gasteiger partial charge in [-0.2, -0.15) is 5.10 Å². The summed E-state index contributed by atoms with van der Waals surface area (Å²) >= 11 is 0. The summed E-state index contributed by atoms with van der Waals surface area (Å²) in [6.45, 7) is 0.436. The lowest BCUT2D eigenvalue weighted by Gasteiger charge is -2.11. The van der Waals surface area contributed by atoms with Gasteiger partial charge >= 0.3 is 0 Å². The third-order valence-corrected chi connectivity index (χ3v) is 5.65. The number of hydrogen-bond donors (Lipinski definition) is 2. The minimum Gasteiger partial charge on any atom is -0.352 e. The summed E-state index contributed by atoms with van der Waals surface area (Å²) in [5, 5.41) is 10.4. The highest BCUT2D eigenvalue weighted by atomic mass is 16.2. The van der Waals surface area contributed by atoms with Crippen molar-refractivity contribution in [3.63, 3.8) is 0 Å². The second kappa shape index (κ2) is 7.20. The summed E-state index contributed by atoms with van der Waals surface area (Å²) in [6, 6.07) is 17.6. The van der Waals surface area contributed by atoms with E-state index in [1.165, 1.54) is 0 Å². The van der Waals surface area contributed by atoms with Gasteiger partial charge in [-0.05, 0) is 43.0 Å². The normalized spacial score (nSPS) is 17.7. The largest absolute Gasteiger partial charge is 0.352 e. The molecule has 0 radical (unpaired) electrons. The van der Waals surface area contributed by atoms with E-state index in [4.69, 9.17) is 0 Å². The number of anilines is 1. The molecular weight excluding hydrogens is 364 g/mol. The molecule has 6 nitrogen and oxygen atoms in total. The molecule has 1 aliphatic heterocycles. The molecule has 2 aromatic carbocycles. The molecule has 1 unspecified atom stereocenters. The Kier molecular flexibility index (Phi) is 4.39. The maximum atomic E-state index is 12.9. The van der Waals surface area contributed by atoms with Gasteiger partial charge in [0.25, 0.3) is 5.91 Å². The number of benzene rings is 2. The Morgan fingerprint density at radius 3 is 2.66 bits per heavy atom. The van der Waals surface area contributed by atoms with Crippen LogP contribution < -0.4 is 10.6 Å². The number of rotatable bonds is 6. The van der Waals surface area contributed by atoms with Gasteiger partial charge in [-0.1, -0.05) is 36.4 Å². The molecule has 2 aliphatic rings. The number of aromatic nitrogens is 2. The van der Waals surface area contributed by atoms with Crippen LogP contribution in [-0.2, 0) is 4.79 Å². The molecule has 1 aliphatic carbocycles. The Morgan fingerprint density at radius 2 is 1.86 bits per heavy atom. The van der Waals surface area contributed by atoms with Crippen LogP contribution in [0.3, 0.4) is 0 Å². The molecule has 1 aromatic heterocycles. The van der Waals surface area contributed by atoms with E-state index < -0.39 is 0 Å². The summed E-state index contributed by atoms with van der Waals surface area (Å²) in [5.74, 6) is 0.0316. The lowest BCUT2D eigenvalue weighted by molar-refractivity contribution is -0.117. The molecule has 0 saturated heterocycles. The molecule has 1 atom stereocenters. The van der Waals surface area contributed by atoms with Crippen LogP contribution in [0.25, 0.3) is 5.69 Å². The summed E-state index contributed by atoms with van der Waals surface area (Å²) in [4.78, 5) is 25.1. The molecule has 2 amide bonds. The van der Waals surface area contributed by atoms with Gasteiger partial charge in [0.05, 0.1) is 29.1 Å². The van der Waals surface area contributed by atoms with Gasteiger partial charge in [-0.3, -0.25) is 9.59 Å². The summed E-state index contributed by atoms with van der Waals surface area (Å²) in [6.07, 6.45) is 4.39. The van der Waals surface area contributed by atoms with Crippen molar-refractivity contribution in [3.8, 4) is 5.69 Å². The molecule has 0 bridgehead atoms. The molecule has 146 valence electrons. The van der Waals surface area contributed by atoms with Gasteiger partial charge < -0.3 is 10.6 Å². The number of carbonyl (C=O) groups is 2. The van der Waals surface area contributed by atoms with E-state index in [9.17, 15) is 9.59 Å². The van der Waals surface area contributed by atoms with Crippen molar-refractivity contribution in [1.29, 1.82) is 0 Å². The number of nitrogens with zero attached hydrogens (tertiary/aromatic N) is 2. The average Bonchev–Trinajstić information content (AvgIpc) is 3.41. The fourth-order valence-electron chi connectivity index (χ4n) is 4.05. The Bertz CT molecular complexity index is 1070. The number of carbonyl (C=O) groups excluding carboxylic acids is 2. The Morgan fingerprint density at radius 1 is 1.10 bits per heavy atom. The Labute approximate surface area is 168 Å². The van der Waals surface area contributed by atoms with Crippen molar-refractivity contribution in [2.24, 2.45) is 0 Å². The summed E-state index contributed by atoms with van der Waals surface area (Å²) < 4.78 is 1.88. The molecule has 6 heteroatoms. The van der Waals surface area contributed by atoms with E-state index in [0.29, 0.717) is 24.4 Å². The number of amides is 2. The number of fused-ring (bicyclic) bond motifs is 1. The van der Waals surface area contributed by atoms with Crippen molar-refractivity contribution in [2.45, 2.75) is 31.1 Å². The lowest BCUT2D eigenvalue weighted by atomic mass is 9.97. The minimum absolute atomic E-state index is 0.00369. The maximum Gasteiger partial charge on any atom is 0.254 e. The lowest BCUT2D eigenvalue weighted by Crippen LogP contribution is -2.27. The number of hydrogen-bond acceptors (Lipinski definition) is 3. The van der Waals surface area contributed by atoms with Gasteiger partial charge in [0.15, 0.2) is 0 Å². The van der Waals surface area contributed by atoms with Crippen LogP contribution in [0, 0.1) is 0 Å². The van der Waals surface area contributed by atoms with Crippen LogP contribution in [0.1, 0.15) is 52.7 Å². The number of nitrogens with one attached hydrogen (secondary N) is 2. The predicted molar refractivity (Wildman–Crippen MR) is 110 cm³/mol. The molecule has 2 N–H and O–H groups in total. The van der Waals surface area contributed by atoms with Gasteiger partial charge in [-0.25, -0.2) is 4.68 Å². The first-order valence-electron chi connectivity index (χ1n) is 10.0. The zero-order valence-electron chi connectivity index (χ0n) is 16.0. The Balaban J connectivity index is 1.30. The molecule has 1 fully saturated rings. The highest BCUT2D eigenvalue weighted by Crippen LogP contribution is 2.42. The van der Waals surface area contributed by atoms with Gasteiger partial charge in [0.2, 0.25) is 5.91 Å². The highest BCUT2D eigenvalue weighted by Gasteiger charge is 2.33. The molecule has 1 saturated carbocycles. The second-order valence-electron chi connectivity index (χ2n) is 7.64. The maximum absolute atomic E-state index is 12.9. The van der Waals surface area contributed by atoms with Gasteiger partial charge in [0, 0.05) is 18.2 Å². The fourth-order valence-corrected chi connectivity index (χ4v) is 4.05. The summed E-state index contributed by atoms with van der Waals surface area (Å²) in [5.41, 5.74) is 4.45. The van der Waals surface area contributed by atoms with Crippen LogP contribution in [0.5, 0.6) is 0 Å². The van der Waals surface area contributed by atoms with Crippen molar-refractivity contribution in [1.82, 2.24) is 15.1 Å². The van der Waals surface area contributed by atoms with E-state index in [-0.39, 0.29) is 17.7 Å². The van der Waals surface area contributed by atoms with Crippen LogP contribution in [0.2, 0.25) is 0 Å². The van der Waals surface area contributed by atoms with E-state index in [2.05, 4.69) is 15.7 Å². The van der Waals surface area contributed by atoms with Gasteiger partial charge in [-0.15, -0.1) is 0 Å². The molecule has 3 aromatic rings. The molecule has 0 spiro atoms. The topological polar surface area (TPSA) is 76.0 Å².